The minimum Gasteiger partial charge on any atom is -0.483 e. The predicted molar refractivity (Wildman–Crippen MR) is 182 cm³/mol. The normalized spacial score (nSPS) is 27.1. The first-order chi connectivity index (χ1) is 23.0. The summed E-state index contributed by atoms with van der Waals surface area (Å²) in [6, 6.07) is 30.6. The number of benzene rings is 4. The fourth-order valence-electron chi connectivity index (χ4n) is 8.73. The summed E-state index contributed by atoms with van der Waals surface area (Å²) in [7, 11) is 0. The second-order valence-electron chi connectivity index (χ2n) is 12.7. The molecule has 234 valence electrons. The Balaban J connectivity index is 1.04. The highest BCUT2D eigenvalue weighted by Crippen LogP contribution is 2.69. The van der Waals surface area contributed by atoms with E-state index in [4.69, 9.17) is 4.74 Å². The zero-order valence-electron chi connectivity index (χ0n) is 25.0. The molecular formula is C37H29N3O5S2. The largest absolute Gasteiger partial charge is 0.483 e. The Bertz CT molecular complexity index is 2140. The van der Waals surface area contributed by atoms with Gasteiger partial charge in [-0.05, 0) is 53.8 Å². The molecule has 8 nitrogen and oxygen atoms in total. The Hall–Kier alpha value is -4.67. The number of ether oxygens (including phenoxy) is 1. The second-order valence-corrected chi connectivity index (χ2v) is 14.9. The molecule has 3 amide bonds. The van der Waals surface area contributed by atoms with Gasteiger partial charge in [-0.1, -0.05) is 84.1 Å². The fraction of sp³-hybridized carbons (Fsp3) is 0.243. The Kier molecular flexibility index (Phi) is 6.65. The number of carbonyl (C=O) groups is 3. The molecule has 2 aliphatic heterocycles. The Morgan fingerprint density at radius 3 is 2.43 bits per heavy atom. The lowest BCUT2D eigenvalue weighted by molar-refractivity contribution is -0.123. The molecule has 1 saturated heterocycles. The van der Waals surface area contributed by atoms with E-state index in [0.29, 0.717) is 11.4 Å². The highest BCUT2D eigenvalue weighted by atomic mass is 32.2. The van der Waals surface area contributed by atoms with Crippen molar-refractivity contribution in [2.24, 2.45) is 29.6 Å². The van der Waals surface area contributed by atoms with Gasteiger partial charge < -0.3 is 15.0 Å². The number of imide groups is 1. The van der Waals surface area contributed by atoms with Crippen LogP contribution in [0, 0.1) is 29.6 Å². The van der Waals surface area contributed by atoms with Crippen molar-refractivity contribution in [2.75, 3.05) is 16.8 Å². The highest BCUT2D eigenvalue weighted by molar-refractivity contribution is 8.00. The molecule has 2 bridgehead atoms. The van der Waals surface area contributed by atoms with E-state index in [1.54, 1.807) is 11.8 Å². The molecule has 5 aromatic rings. The van der Waals surface area contributed by atoms with E-state index >= 15 is 0 Å². The molecule has 1 aromatic heterocycles. The number of fused-ring (bicyclic) bond motifs is 10. The molecule has 0 spiro atoms. The van der Waals surface area contributed by atoms with E-state index < -0.39 is 5.92 Å². The zero-order valence-corrected chi connectivity index (χ0v) is 26.6. The Morgan fingerprint density at radius 1 is 0.851 bits per heavy atom. The summed E-state index contributed by atoms with van der Waals surface area (Å²) in [5, 5.41) is 5.86. The number of para-hydroxylation sites is 2. The van der Waals surface area contributed by atoms with E-state index in [1.807, 2.05) is 97.1 Å². The lowest BCUT2D eigenvalue weighted by Gasteiger charge is -2.43. The first-order valence-electron chi connectivity index (χ1n) is 15.8. The molecule has 2 N–H and O–H groups in total. The molecule has 4 aromatic carbocycles. The molecule has 47 heavy (non-hydrogen) atoms. The van der Waals surface area contributed by atoms with Gasteiger partial charge in [0.25, 0.3) is 5.91 Å². The fourth-order valence-corrected chi connectivity index (χ4v) is 11.6. The maximum absolute atomic E-state index is 14.0. The molecule has 7 atom stereocenters. The Morgan fingerprint density at radius 2 is 1.57 bits per heavy atom. The van der Waals surface area contributed by atoms with E-state index in [9.17, 15) is 19.2 Å². The van der Waals surface area contributed by atoms with Crippen LogP contribution in [0.1, 0.15) is 22.8 Å². The summed E-state index contributed by atoms with van der Waals surface area (Å²) >= 11 is 2.85. The van der Waals surface area contributed by atoms with Gasteiger partial charge in [0, 0.05) is 32.7 Å². The van der Waals surface area contributed by atoms with Crippen LogP contribution in [-0.4, -0.2) is 34.6 Å². The molecule has 10 heteroatoms. The minimum atomic E-state index is -0.395. The average molecular weight is 660 g/mol. The summed E-state index contributed by atoms with van der Waals surface area (Å²) in [5.74, 6) is -0.903. The van der Waals surface area contributed by atoms with Crippen LogP contribution >= 0.6 is 23.1 Å². The summed E-state index contributed by atoms with van der Waals surface area (Å²) in [6.07, 6.45) is 0.796. The number of rotatable bonds is 6. The summed E-state index contributed by atoms with van der Waals surface area (Å²) in [6.45, 7) is -0.193. The van der Waals surface area contributed by atoms with Gasteiger partial charge in [0.05, 0.1) is 22.5 Å². The number of thioether (sulfide) groups is 1. The van der Waals surface area contributed by atoms with Crippen molar-refractivity contribution >= 4 is 63.0 Å². The van der Waals surface area contributed by atoms with Crippen molar-refractivity contribution in [2.45, 2.75) is 22.6 Å². The maximum atomic E-state index is 14.0. The summed E-state index contributed by atoms with van der Waals surface area (Å²) in [4.78, 5) is 59.0. The standard InChI is InChI=1S/C37H29N3O5S2/c41-27(38-25-15-8-10-19-9-4-5-13-21(19)25)18-45-26-16-7-6-14-22(26)28-29-23-17-24(32(29)46-34-33(28)47-37(44)39-34)31-30(23)35(42)40(36(31)43)20-11-2-1-3-12-20/h1-16,23-24,28-32H,17-18H2,(H,38,41)(H,39,44)/t23-,24-,28-,29?,30?,31?,32?/m1/s1. The van der Waals surface area contributed by atoms with E-state index in [1.165, 1.54) is 16.2 Å². The van der Waals surface area contributed by atoms with Crippen LogP contribution in [0.15, 0.2) is 107 Å². The number of anilines is 2. The third kappa shape index (κ3) is 4.42. The highest BCUT2D eigenvalue weighted by Gasteiger charge is 2.69. The lowest BCUT2D eigenvalue weighted by atomic mass is 9.68. The van der Waals surface area contributed by atoms with Crippen molar-refractivity contribution in [1.82, 2.24) is 4.98 Å². The number of nitrogens with one attached hydrogen (secondary N) is 2. The number of aromatic nitrogens is 1. The number of H-pyrrole nitrogens is 1. The number of thiazole rings is 1. The zero-order chi connectivity index (χ0) is 31.8. The van der Waals surface area contributed by atoms with E-state index in [2.05, 4.69) is 10.3 Å². The third-order valence-corrected chi connectivity index (χ3v) is 13.0. The van der Waals surface area contributed by atoms with Crippen molar-refractivity contribution < 1.29 is 19.1 Å². The van der Waals surface area contributed by atoms with Crippen molar-refractivity contribution in [3.8, 4) is 5.75 Å². The van der Waals surface area contributed by atoms with Crippen LogP contribution < -0.4 is 19.8 Å². The Labute approximate surface area is 278 Å². The first kappa shape index (κ1) is 28.5. The van der Waals surface area contributed by atoms with Gasteiger partial charge in [-0.15, -0.1) is 11.8 Å². The van der Waals surface area contributed by atoms with E-state index in [0.717, 1.165) is 38.3 Å². The van der Waals surface area contributed by atoms with Gasteiger partial charge in [-0.3, -0.25) is 24.1 Å². The topological polar surface area (TPSA) is 109 Å². The SMILES string of the molecule is O=C(COc1ccccc1[C@H]1c2sc(=O)[nH]c2SC2C1[C@H]1C[C@@H]2C2C(=O)N(c3ccccc3)C(=O)C21)Nc1cccc2ccccc12. The number of amides is 3. The van der Waals surface area contributed by atoms with Crippen LogP contribution in [0.5, 0.6) is 5.75 Å². The average Bonchev–Trinajstić information content (AvgIpc) is 3.83. The first-order valence-corrected chi connectivity index (χ1v) is 17.5. The molecular weight excluding hydrogens is 631 g/mol. The predicted octanol–water partition coefficient (Wildman–Crippen LogP) is 6.29. The molecule has 3 fully saturated rings. The van der Waals surface area contributed by atoms with Gasteiger partial charge in [0.2, 0.25) is 11.8 Å². The molecule has 0 radical (unpaired) electrons. The lowest BCUT2D eigenvalue weighted by Crippen LogP contribution is -2.42. The quantitative estimate of drug-likeness (QED) is 0.208. The molecule has 9 rings (SSSR count). The maximum Gasteiger partial charge on any atom is 0.305 e. The molecule has 4 unspecified atom stereocenters. The van der Waals surface area contributed by atoms with Crippen LogP contribution in [0.25, 0.3) is 10.8 Å². The van der Waals surface area contributed by atoms with Gasteiger partial charge in [-0.2, -0.15) is 0 Å². The van der Waals surface area contributed by atoms with Crippen molar-refractivity contribution in [3.63, 3.8) is 0 Å². The van der Waals surface area contributed by atoms with Crippen LogP contribution in [0.2, 0.25) is 0 Å². The number of aromatic amines is 1. The third-order valence-electron chi connectivity index (χ3n) is 10.4. The monoisotopic (exact) mass is 659 g/mol. The van der Waals surface area contributed by atoms with Crippen molar-refractivity contribution in [3.05, 3.63) is 117 Å². The molecule has 2 aliphatic carbocycles. The minimum absolute atomic E-state index is 0.0174. The van der Waals surface area contributed by atoms with Crippen molar-refractivity contribution in [1.29, 1.82) is 0 Å². The number of carbonyl (C=O) groups excluding carboxylic acids is 3. The van der Waals surface area contributed by atoms with Crippen LogP contribution in [-0.2, 0) is 14.4 Å². The van der Waals surface area contributed by atoms with Gasteiger partial charge in [-0.25, -0.2) is 0 Å². The summed E-state index contributed by atoms with van der Waals surface area (Å²) in [5.41, 5.74) is 2.22. The second kappa shape index (κ2) is 11.0. The van der Waals surface area contributed by atoms with Gasteiger partial charge >= 0.3 is 4.87 Å². The number of nitrogens with zero attached hydrogens (tertiary/aromatic N) is 1. The molecule has 4 aliphatic rings. The molecule has 3 heterocycles. The molecule has 2 saturated carbocycles. The van der Waals surface area contributed by atoms with Crippen LogP contribution in [0.4, 0.5) is 11.4 Å². The van der Waals surface area contributed by atoms with Crippen LogP contribution in [0.3, 0.4) is 0 Å². The van der Waals surface area contributed by atoms with Gasteiger partial charge in [0.15, 0.2) is 6.61 Å². The van der Waals surface area contributed by atoms with Gasteiger partial charge in [0.1, 0.15) is 5.75 Å². The summed E-state index contributed by atoms with van der Waals surface area (Å²) < 4.78 is 6.25. The number of hydrogen-bond acceptors (Lipinski definition) is 7. The number of hydrogen-bond donors (Lipinski definition) is 2. The van der Waals surface area contributed by atoms with E-state index in [-0.39, 0.29) is 64.0 Å². The smallest absolute Gasteiger partial charge is 0.305 e.